The third-order valence-corrected chi connectivity index (χ3v) is 3.55. The van der Waals surface area contributed by atoms with Crippen molar-refractivity contribution in [2.75, 3.05) is 24.7 Å². The summed E-state index contributed by atoms with van der Waals surface area (Å²) in [5.74, 6) is 2.17. The molecule has 1 aromatic carbocycles. The van der Waals surface area contributed by atoms with Gasteiger partial charge in [0.05, 0.1) is 13.1 Å². The SMILES string of the molecule is C#CCNC(=O)CNC(=O)Nc1ccc(Cl)c(CS(C)=O)c1. The molecular weight excluding hydrogens is 326 g/mol. The number of urea groups is 1. The second-order valence-corrected chi connectivity index (χ2v) is 6.15. The van der Waals surface area contributed by atoms with Crippen molar-refractivity contribution < 1.29 is 13.8 Å². The number of halogens is 1. The van der Waals surface area contributed by atoms with E-state index < -0.39 is 16.8 Å². The van der Waals surface area contributed by atoms with Gasteiger partial charge in [-0.1, -0.05) is 17.5 Å². The van der Waals surface area contributed by atoms with Crippen LogP contribution in [0.2, 0.25) is 5.02 Å². The summed E-state index contributed by atoms with van der Waals surface area (Å²) in [5.41, 5.74) is 1.17. The zero-order valence-electron chi connectivity index (χ0n) is 11.9. The van der Waals surface area contributed by atoms with E-state index >= 15 is 0 Å². The maximum atomic E-state index is 11.7. The fourth-order valence-corrected chi connectivity index (χ4v) is 2.47. The summed E-state index contributed by atoms with van der Waals surface area (Å²) in [6.45, 7) is -0.0796. The third-order valence-electron chi connectivity index (χ3n) is 2.46. The monoisotopic (exact) mass is 341 g/mol. The van der Waals surface area contributed by atoms with Gasteiger partial charge in [-0.2, -0.15) is 0 Å². The largest absolute Gasteiger partial charge is 0.344 e. The molecule has 0 radical (unpaired) electrons. The third kappa shape index (κ3) is 6.61. The Kier molecular flexibility index (Phi) is 7.43. The van der Waals surface area contributed by atoms with E-state index in [0.717, 1.165) is 0 Å². The fraction of sp³-hybridized carbons (Fsp3) is 0.286. The van der Waals surface area contributed by atoms with Crippen molar-refractivity contribution in [3.8, 4) is 12.3 Å². The van der Waals surface area contributed by atoms with Gasteiger partial charge in [-0.3, -0.25) is 9.00 Å². The summed E-state index contributed by atoms with van der Waals surface area (Å²) >= 11 is 6.00. The molecule has 1 atom stereocenters. The zero-order chi connectivity index (χ0) is 16.5. The van der Waals surface area contributed by atoms with Gasteiger partial charge in [-0.05, 0) is 23.8 Å². The van der Waals surface area contributed by atoms with E-state index in [1.807, 2.05) is 0 Å². The van der Waals surface area contributed by atoms with E-state index in [4.69, 9.17) is 18.0 Å². The normalized spacial score (nSPS) is 11.1. The summed E-state index contributed by atoms with van der Waals surface area (Å²) in [6.07, 6.45) is 6.57. The Bertz CT molecular complexity index is 628. The highest BCUT2D eigenvalue weighted by Crippen LogP contribution is 2.21. The lowest BCUT2D eigenvalue weighted by molar-refractivity contribution is -0.119. The molecule has 0 aliphatic carbocycles. The van der Waals surface area contributed by atoms with Crippen LogP contribution >= 0.6 is 11.6 Å². The number of hydrogen-bond donors (Lipinski definition) is 3. The first kappa shape index (κ1) is 18.0. The number of amides is 3. The van der Waals surface area contributed by atoms with Crippen molar-refractivity contribution >= 4 is 40.0 Å². The van der Waals surface area contributed by atoms with Gasteiger partial charge < -0.3 is 16.0 Å². The Balaban J connectivity index is 2.56. The highest BCUT2D eigenvalue weighted by Gasteiger charge is 2.08. The molecule has 0 fully saturated rings. The molecule has 0 aromatic heterocycles. The quantitative estimate of drug-likeness (QED) is 0.677. The van der Waals surface area contributed by atoms with Gasteiger partial charge in [0.25, 0.3) is 0 Å². The molecule has 0 heterocycles. The highest BCUT2D eigenvalue weighted by molar-refractivity contribution is 7.83. The topological polar surface area (TPSA) is 87.3 Å². The number of anilines is 1. The molecule has 0 saturated heterocycles. The molecule has 1 aromatic rings. The standard InChI is InChI=1S/C14H16ClN3O3S/c1-3-6-16-13(19)8-17-14(20)18-11-4-5-12(15)10(7-11)9-22(2)21/h1,4-5,7H,6,8-9H2,2H3,(H,16,19)(H2,17,18,20). The number of rotatable bonds is 6. The van der Waals surface area contributed by atoms with Gasteiger partial charge >= 0.3 is 6.03 Å². The summed E-state index contributed by atoms with van der Waals surface area (Å²) in [4.78, 5) is 23.0. The maximum absolute atomic E-state index is 11.7. The number of nitrogens with one attached hydrogen (secondary N) is 3. The number of terminal acetylenes is 1. The number of carbonyl (C=O) groups is 2. The first-order valence-electron chi connectivity index (χ1n) is 6.26. The molecule has 0 aliphatic rings. The molecule has 3 N–H and O–H groups in total. The minimum Gasteiger partial charge on any atom is -0.344 e. The second kappa shape index (κ2) is 9.07. The van der Waals surface area contributed by atoms with Gasteiger partial charge in [0.2, 0.25) is 5.91 Å². The van der Waals surface area contributed by atoms with Crippen molar-refractivity contribution in [3.63, 3.8) is 0 Å². The molecule has 0 saturated carbocycles. The Morgan fingerprint density at radius 2 is 2.09 bits per heavy atom. The highest BCUT2D eigenvalue weighted by atomic mass is 35.5. The van der Waals surface area contributed by atoms with Crippen LogP contribution in [0.5, 0.6) is 0 Å². The van der Waals surface area contributed by atoms with Gasteiger partial charge in [-0.15, -0.1) is 6.42 Å². The predicted molar refractivity (Wildman–Crippen MR) is 88.1 cm³/mol. The van der Waals surface area contributed by atoms with Crippen molar-refractivity contribution in [1.29, 1.82) is 0 Å². The Labute approximate surface area is 136 Å². The maximum Gasteiger partial charge on any atom is 0.319 e. The molecule has 22 heavy (non-hydrogen) atoms. The molecular formula is C14H16ClN3O3S. The van der Waals surface area contributed by atoms with E-state index in [-0.39, 0.29) is 19.0 Å². The lowest BCUT2D eigenvalue weighted by atomic mass is 10.2. The summed E-state index contributed by atoms with van der Waals surface area (Å²) in [7, 11) is -1.04. The minimum atomic E-state index is -1.04. The molecule has 6 nitrogen and oxygen atoms in total. The lowest BCUT2D eigenvalue weighted by Crippen LogP contribution is -2.39. The van der Waals surface area contributed by atoms with Crippen molar-refractivity contribution in [1.82, 2.24) is 10.6 Å². The second-order valence-electron chi connectivity index (χ2n) is 4.31. The Hall–Kier alpha value is -2.04. The molecule has 3 amide bonds. The molecule has 0 bridgehead atoms. The van der Waals surface area contributed by atoms with E-state index in [1.165, 1.54) is 0 Å². The van der Waals surface area contributed by atoms with Gasteiger partial charge in [0.15, 0.2) is 0 Å². The molecule has 8 heteroatoms. The van der Waals surface area contributed by atoms with Crippen LogP contribution in [0, 0.1) is 12.3 Å². The van der Waals surface area contributed by atoms with Crippen LogP contribution in [0.1, 0.15) is 5.56 Å². The van der Waals surface area contributed by atoms with Crippen molar-refractivity contribution in [2.45, 2.75) is 5.75 Å². The van der Waals surface area contributed by atoms with Crippen LogP contribution in [0.25, 0.3) is 0 Å². The van der Waals surface area contributed by atoms with Crippen LogP contribution in [-0.2, 0) is 21.3 Å². The smallest absolute Gasteiger partial charge is 0.319 e. The van der Waals surface area contributed by atoms with Crippen molar-refractivity contribution in [3.05, 3.63) is 28.8 Å². The van der Waals surface area contributed by atoms with E-state index in [9.17, 15) is 13.8 Å². The molecule has 1 unspecified atom stereocenters. The van der Waals surface area contributed by atoms with E-state index in [2.05, 4.69) is 21.9 Å². The van der Waals surface area contributed by atoms with Gasteiger partial charge in [0.1, 0.15) is 0 Å². The van der Waals surface area contributed by atoms with Crippen molar-refractivity contribution in [2.24, 2.45) is 0 Å². The number of hydrogen-bond acceptors (Lipinski definition) is 3. The summed E-state index contributed by atoms with van der Waals surface area (Å²) in [5, 5.41) is 7.86. The minimum absolute atomic E-state index is 0.108. The molecule has 1 rings (SSSR count). The van der Waals surface area contributed by atoms with E-state index in [1.54, 1.807) is 24.5 Å². The lowest BCUT2D eigenvalue weighted by Gasteiger charge is -2.09. The van der Waals surface area contributed by atoms with Crippen LogP contribution < -0.4 is 16.0 Å². The summed E-state index contributed by atoms with van der Waals surface area (Å²) < 4.78 is 11.3. The number of benzene rings is 1. The van der Waals surface area contributed by atoms with Crippen LogP contribution in [0.4, 0.5) is 10.5 Å². The summed E-state index contributed by atoms with van der Waals surface area (Å²) in [6, 6.07) is 4.32. The average Bonchev–Trinajstić information content (AvgIpc) is 2.46. The molecule has 0 spiro atoms. The average molecular weight is 342 g/mol. The van der Waals surface area contributed by atoms with Crippen LogP contribution in [-0.4, -0.2) is 35.5 Å². The van der Waals surface area contributed by atoms with Gasteiger partial charge in [-0.25, -0.2) is 4.79 Å². The zero-order valence-corrected chi connectivity index (χ0v) is 13.5. The Morgan fingerprint density at radius 3 is 2.73 bits per heavy atom. The first-order chi connectivity index (χ1) is 10.4. The van der Waals surface area contributed by atoms with Gasteiger partial charge in [0, 0.05) is 33.5 Å². The number of carbonyl (C=O) groups excluding carboxylic acids is 2. The predicted octanol–water partition coefficient (Wildman–Crippen LogP) is 1.09. The van der Waals surface area contributed by atoms with Crippen LogP contribution in [0.15, 0.2) is 18.2 Å². The van der Waals surface area contributed by atoms with Crippen LogP contribution in [0.3, 0.4) is 0 Å². The first-order valence-corrected chi connectivity index (χ1v) is 8.36. The van der Waals surface area contributed by atoms with E-state index in [0.29, 0.717) is 22.0 Å². The Morgan fingerprint density at radius 1 is 1.36 bits per heavy atom. The fourth-order valence-electron chi connectivity index (χ4n) is 1.53. The molecule has 118 valence electrons. The molecule has 0 aliphatic heterocycles.